The molecule has 2 fully saturated rings. The van der Waals surface area contributed by atoms with Crippen LogP contribution in [0.2, 0.25) is 0 Å². The first-order chi connectivity index (χ1) is 11.6. The van der Waals surface area contributed by atoms with E-state index in [1.165, 1.54) is 5.56 Å². The van der Waals surface area contributed by atoms with Gasteiger partial charge in [-0.3, -0.25) is 9.69 Å². The fourth-order valence-corrected chi connectivity index (χ4v) is 4.09. The van der Waals surface area contributed by atoms with E-state index in [4.69, 9.17) is 9.47 Å². The van der Waals surface area contributed by atoms with E-state index >= 15 is 0 Å². The summed E-state index contributed by atoms with van der Waals surface area (Å²) < 4.78 is 12.2. The van der Waals surface area contributed by atoms with Crippen molar-refractivity contribution in [3.05, 3.63) is 47.0 Å². The van der Waals surface area contributed by atoms with Crippen molar-refractivity contribution in [2.45, 2.75) is 38.0 Å². The van der Waals surface area contributed by atoms with E-state index in [0.29, 0.717) is 19.1 Å². The van der Waals surface area contributed by atoms with E-state index in [0.717, 1.165) is 23.9 Å². The summed E-state index contributed by atoms with van der Waals surface area (Å²) in [6.07, 6.45) is 3.40. The third-order valence-electron chi connectivity index (χ3n) is 4.91. The lowest BCUT2D eigenvalue weighted by Gasteiger charge is -2.48. The molecule has 0 amide bonds. The van der Waals surface area contributed by atoms with Gasteiger partial charge in [-0.05, 0) is 36.5 Å². The molecule has 0 saturated carbocycles. The molecule has 2 aliphatic heterocycles. The number of nitrogens with zero attached hydrogens (tertiary/aromatic N) is 1. The van der Waals surface area contributed by atoms with Crippen LogP contribution >= 0.6 is 15.9 Å². The van der Waals surface area contributed by atoms with Gasteiger partial charge in [0.2, 0.25) is 0 Å². The Kier molecular flexibility index (Phi) is 5.74. The number of ether oxygens (including phenoxy) is 2. The Morgan fingerprint density at radius 2 is 2.12 bits per heavy atom. The first kappa shape index (κ1) is 17.6. The van der Waals surface area contributed by atoms with Crippen LogP contribution in [-0.2, 0) is 14.3 Å². The summed E-state index contributed by atoms with van der Waals surface area (Å²) >= 11 is 3.50. The van der Waals surface area contributed by atoms with Gasteiger partial charge in [-0.1, -0.05) is 41.1 Å². The molecule has 4 atom stereocenters. The fraction of sp³-hybridized carbons (Fsp3) is 0.526. The average Bonchev–Trinajstić information content (AvgIpc) is 2.56. The maximum Gasteiger partial charge on any atom is 0.323 e. The van der Waals surface area contributed by atoms with Crippen molar-refractivity contribution in [2.24, 2.45) is 5.92 Å². The molecule has 0 bridgehead atoms. The minimum atomic E-state index is -0.211. The summed E-state index contributed by atoms with van der Waals surface area (Å²) in [5, 5.41) is 0. The number of halogens is 1. The topological polar surface area (TPSA) is 38.8 Å². The van der Waals surface area contributed by atoms with Gasteiger partial charge in [0, 0.05) is 17.1 Å². The quantitative estimate of drug-likeness (QED) is 0.434. The number of benzene rings is 1. The number of rotatable bonds is 5. The average molecular weight is 394 g/mol. The van der Waals surface area contributed by atoms with Gasteiger partial charge in [0.15, 0.2) is 0 Å². The van der Waals surface area contributed by atoms with Gasteiger partial charge in [-0.2, -0.15) is 0 Å². The Morgan fingerprint density at radius 1 is 1.38 bits per heavy atom. The summed E-state index contributed by atoms with van der Waals surface area (Å²) in [5.41, 5.74) is 1.26. The lowest BCUT2D eigenvalue weighted by Crippen LogP contribution is -2.58. The third-order valence-corrected chi connectivity index (χ3v) is 5.44. The maximum absolute atomic E-state index is 12.5. The first-order valence-electron chi connectivity index (χ1n) is 8.50. The van der Waals surface area contributed by atoms with Crippen LogP contribution in [0.25, 0.3) is 0 Å². The van der Waals surface area contributed by atoms with Crippen LogP contribution in [0.3, 0.4) is 0 Å². The fourth-order valence-electron chi connectivity index (χ4n) is 3.82. The first-order valence-corrected chi connectivity index (χ1v) is 9.29. The largest absolute Gasteiger partial charge is 0.457 e. The molecule has 0 N–H and O–H groups in total. The summed E-state index contributed by atoms with van der Waals surface area (Å²) in [6.45, 7) is 7.53. The van der Waals surface area contributed by atoms with Crippen LogP contribution in [0.1, 0.15) is 31.4 Å². The van der Waals surface area contributed by atoms with E-state index in [-0.39, 0.29) is 24.2 Å². The predicted molar refractivity (Wildman–Crippen MR) is 96.7 cm³/mol. The number of piperidine rings is 1. The van der Waals surface area contributed by atoms with Crippen molar-refractivity contribution < 1.29 is 14.3 Å². The number of cyclic esters (lactones) is 1. The van der Waals surface area contributed by atoms with Gasteiger partial charge in [0.25, 0.3) is 0 Å². The van der Waals surface area contributed by atoms with E-state index in [2.05, 4.69) is 58.6 Å². The molecule has 0 radical (unpaired) electrons. The highest BCUT2D eigenvalue weighted by Gasteiger charge is 2.45. The van der Waals surface area contributed by atoms with Crippen LogP contribution in [0, 0.1) is 5.92 Å². The molecule has 3 rings (SSSR count). The molecule has 0 spiro atoms. The SMILES string of the molecule is C=CCOCC1CN2C(CCC(C)C2c2ccc(Br)cc2)C(=O)O1. The molecule has 1 aromatic rings. The molecule has 130 valence electrons. The molecule has 2 aliphatic rings. The number of esters is 1. The van der Waals surface area contributed by atoms with Crippen LogP contribution in [0.4, 0.5) is 0 Å². The molecule has 0 aliphatic carbocycles. The molecule has 4 unspecified atom stereocenters. The number of hydrogen-bond acceptors (Lipinski definition) is 4. The van der Waals surface area contributed by atoms with Crippen molar-refractivity contribution in [3.8, 4) is 0 Å². The molecular formula is C19H24BrNO3. The third kappa shape index (κ3) is 3.73. The van der Waals surface area contributed by atoms with Gasteiger partial charge in [0.05, 0.1) is 13.2 Å². The number of morpholine rings is 1. The van der Waals surface area contributed by atoms with Gasteiger partial charge < -0.3 is 9.47 Å². The predicted octanol–water partition coefficient (Wildman–Crippen LogP) is 3.72. The minimum Gasteiger partial charge on any atom is -0.457 e. The zero-order chi connectivity index (χ0) is 17.1. The standard InChI is InChI=1S/C19H24BrNO3/c1-3-10-23-12-16-11-21-17(19(22)24-16)9-4-13(2)18(21)14-5-7-15(20)8-6-14/h3,5-8,13,16-18H,1,4,9-12H2,2H3. The maximum atomic E-state index is 12.5. The normalized spacial score (nSPS) is 30.5. The van der Waals surface area contributed by atoms with E-state index in [1.54, 1.807) is 6.08 Å². The highest BCUT2D eigenvalue weighted by atomic mass is 79.9. The van der Waals surface area contributed by atoms with Crippen molar-refractivity contribution in [1.82, 2.24) is 4.90 Å². The zero-order valence-electron chi connectivity index (χ0n) is 14.0. The van der Waals surface area contributed by atoms with Gasteiger partial charge in [-0.15, -0.1) is 6.58 Å². The molecule has 2 heterocycles. The summed E-state index contributed by atoms with van der Waals surface area (Å²) in [5.74, 6) is 0.394. The number of hydrogen-bond donors (Lipinski definition) is 0. The Hall–Kier alpha value is -1.17. The minimum absolute atomic E-state index is 0.109. The number of fused-ring (bicyclic) bond motifs is 1. The molecule has 2 saturated heterocycles. The second-order valence-corrected chi connectivity index (χ2v) is 7.56. The second-order valence-electron chi connectivity index (χ2n) is 6.65. The Labute approximate surface area is 151 Å². The van der Waals surface area contributed by atoms with Crippen LogP contribution in [-0.4, -0.2) is 42.8 Å². The van der Waals surface area contributed by atoms with Crippen LogP contribution in [0.5, 0.6) is 0 Å². The Morgan fingerprint density at radius 3 is 2.83 bits per heavy atom. The van der Waals surface area contributed by atoms with Crippen LogP contribution < -0.4 is 0 Å². The Bertz CT molecular complexity index is 589. The number of carbonyl (C=O) groups excluding carboxylic acids is 1. The molecular weight excluding hydrogens is 370 g/mol. The molecule has 1 aromatic carbocycles. The summed E-state index contributed by atoms with van der Waals surface area (Å²) in [7, 11) is 0. The van der Waals surface area contributed by atoms with Gasteiger partial charge in [-0.25, -0.2) is 0 Å². The lowest BCUT2D eigenvalue weighted by molar-refractivity contribution is -0.178. The smallest absolute Gasteiger partial charge is 0.323 e. The van der Waals surface area contributed by atoms with Gasteiger partial charge >= 0.3 is 5.97 Å². The van der Waals surface area contributed by atoms with Crippen molar-refractivity contribution in [3.63, 3.8) is 0 Å². The van der Waals surface area contributed by atoms with E-state index in [1.807, 2.05) is 0 Å². The lowest BCUT2D eigenvalue weighted by atomic mass is 9.82. The van der Waals surface area contributed by atoms with Crippen LogP contribution in [0.15, 0.2) is 41.4 Å². The second kappa shape index (κ2) is 7.81. The highest BCUT2D eigenvalue weighted by molar-refractivity contribution is 9.10. The molecule has 0 aromatic heterocycles. The van der Waals surface area contributed by atoms with Crippen molar-refractivity contribution in [2.75, 3.05) is 19.8 Å². The number of carbonyl (C=O) groups is 1. The molecule has 24 heavy (non-hydrogen) atoms. The van der Waals surface area contributed by atoms with Crippen molar-refractivity contribution >= 4 is 21.9 Å². The molecule has 5 heteroatoms. The Balaban J connectivity index is 1.80. The zero-order valence-corrected chi connectivity index (χ0v) is 15.6. The van der Waals surface area contributed by atoms with Crippen molar-refractivity contribution in [1.29, 1.82) is 0 Å². The summed E-state index contributed by atoms with van der Waals surface area (Å²) in [4.78, 5) is 14.8. The van der Waals surface area contributed by atoms with Gasteiger partial charge in [0.1, 0.15) is 12.1 Å². The molecule has 4 nitrogen and oxygen atoms in total. The summed E-state index contributed by atoms with van der Waals surface area (Å²) in [6, 6.07) is 8.54. The highest BCUT2D eigenvalue weighted by Crippen LogP contribution is 2.41. The monoisotopic (exact) mass is 393 g/mol. The van der Waals surface area contributed by atoms with E-state index in [9.17, 15) is 4.79 Å². The van der Waals surface area contributed by atoms with E-state index < -0.39 is 0 Å².